The summed E-state index contributed by atoms with van der Waals surface area (Å²) in [5.41, 5.74) is 0. The quantitative estimate of drug-likeness (QED) is 0.811. The zero-order valence-corrected chi connectivity index (χ0v) is 11.9. The third-order valence-corrected chi connectivity index (χ3v) is 2.97. The number of hydrogen-bond acceptors (Lipinski definition) is 8. The lowest BCUT2D eigenvalue weighted by atomic mass is 10.3. The molecule has 0 unspecified atom stereocenters. The monoisotopic (exact) mass is 306 g/mol. The fraction of sp³-hybridized carbons (Fsp3) is 0.417. The van der Waals surface area contributed by atoms with Gasteiger partial charge in [-0.05, 0) is 13.3 Å². The largest absolute Gasteiger partial charge is 0.462 e. The molecular weight excluding hydrogens is 292 g/mol. The van der Waals surface area contributed by atoms with Gasteiger partial charge >= 0.3 is 11.8 Å². The van der Waals surface area contributed by atoms with E-state index >= 15 is 0 Å². The first-order valence-electron chi connectivity index (χ1n) is 6.79. The Morgan fingerprint density at radius 2 is 2.27 bits per heavy atom. The summed E-state index contributed by atoms with van der Waals surface area (Å²) in [5.74, 6) is -0.458. The summed E-state index contributed by atoms with van der Waals surface area (Å²) in [4.78, 5) is 36.8. The van der Waals surface area contributed by atoms with E-state index in [1.165, 1.54) is 0 Å². The molecule has 3 rings (SSSR count). The summed E-state index contributed by atoms with van der Waals surface area (Å²) in [7, 11) is 0. The summed E-state index contributed by atoms with van der Waals surface area (Å²) >= 11 is 0. The molecule has 1 aliphatic rings. The summed E-state index contributed by atoms with van der Waals surface area (Å²) < 4.78 is 10.6. The number of hydrogen-bond donors (Lipinski definition) is 1. The standard InChI is InChI=1S/C12H14N6O4/c1-2-21-11(19)15-9-13-8(17-6-4-3-5-7-17)14-10-16-12(20)22-18(9)10/h3-4H,2,5-7H2,1H3,(H,13,14,15,16,19,20). The van der Waals surface area contributed by atoms with Crippen molar-refractivity contribution in [3.8, 4) is 0 Å². The summed E-state index contributed by atoms with van der Waals surface area (Å²) in [6.45, 7) is 3.25. The van der Waals surface area contributed by atoms with Crippen molar-refractivity contribution in [1.29, 1.82) is 0 Å². The molecular formula is C12H14N6O4. The summed E-state index contributed by atoms with van der Waals surface area (Å²) in [6, 6.07) is 0. The fourth-order valence-electron chi connectivity index (χ4n) is 2.03. The van der Waals surface area contributed by atoms with Gasteiger partial charge in [0.05, 0.1) is 6.61 Å². The molecule has 0 spiro atoms. The van der Waals surface area contributed by atoms with E-state index in [2.05, 4.69) is 26.3 Å². The minimum atomic E-state index is -0.822. The maximum absolute atomic E-state index is 11.6. The zero-order valence-electron chi connectivity index (χ0n) is 11.9. The Hall–Kier alpha value is -2.91. The van der Waals surface area contributed by atoms with Crippen LogP contribution in [0, 0.1) is 0 Å². The van der Waals surface area contributed by atoms with Gasteiger partial charge in [-0.3, -0.25) is 5.32 Å². The van der Waals surface area contributed by atoms with Gasteiger partial charge < -0.3 is 14.2 Å². The Labute approximate surface area is 124 Å². The molecule has 3 heterocycles. The van der Waals surface area contributed by atoms with Crippen molar-refractivity contribution in [3.63, 3.8) is 0 Å². The highest BCUT2D eigenvalue weighted by Crippen LogP contribution is 2.16. The number of ether oxygens (including phenoxy) is 1. The first kappa shape index (κ1) is 14.0. The number of nitrogens with zero attached hydrogens (tertiary/aromatic N) is 5. The van der Waals surface area contributed by atoms with Gasteiger partial charge in [0, 0.05) is 13.1 Å². The van der Waals surface area contributed by atoms with Crippen molar-refractivity contribution in [3.05, 3.63) is 22.7 Å². The minimum absolute atomic E-state index is 0.0115. The van der Waals surface area contributed by atoms with E-state index in [1.807, 2.05) is 11.0 Å². The van der Waals surface area contributed by atoms with Crippen LogP contribution in [0.25, 0.3) is 5.78 Å². The molecule has 0 fully saturated rings. The molecule has 0 saturated heterocycles. The lowest BCUT2D eigenvalue weighted by Gasteiger charge is -2.23. The van der Waals surface area contributed by atoms with E-state index in [0.717, 1.165) is 17.5 Å². The SMILES string of the molecule is CCOC(=O)Nc1nc(N2CC=CCC2)nc2nc(=O)on12. The van der Waals surface area contributed by atoms with Crippen molar-refractivity contribution in [1.82, 2.24) is 19.5 Å². The van der Waals surface area contributed by atoms with Crippen LogP contribution in [0.2, 0.25) is 0 Å². The van der Waals surface area contributed by atoms with Gasteiger partial charge in [-0.15, -0.1) is 4.98 Å². The van der Waals surface area contributed by atoms with Gasteiger partial charge in [-0.1, -0.05) is 16.7 Å². The summed E-state index contributed by atoms with van der Waals surface area (Å²) in [5, 5.41) is 2.41. The molecule has 2 aromatic heterocycles. The lowest BCUT2D eigenvalue weighted by Crippen LogP contribution is -2.29. The second kappa shape index (κ2) is 5.84. The van der Waals surface area contributed by atoms with Gasteiger partial charge in [0.2, 0.25) is 5.95 Å². The smallest absolute Gasteiger partial charge is 0.450 e. The average Bonchev–Trinajstić information content (AvgIpc) is 2.89. The molecule has 10 heteroatoms. The number of nitrogens with one attached hydrogen (secondary N) is 1. The van der Waals surface area contributed by atoms with E-state index in [0.29, 0.717) is 12.5 Å². The predicted octanol–water partition coefficient (Wildman–Crippen LogP) is 0.412. The number of carbonyl (C=O) groups is 1. The van der Waals surface area contributed by atoms with Gasteiger partial charge in [0.25, 0.3) is 11.7 Å². The van der Waals surface area contributed by atoms with Crippen LogP contribution in [0.15, 0.2) is 21.5 Å². The molecule has 0 bridgehead atoms. The van der Waals surface area contributed by atoms with Crippen LogP contribution in [0.4, 0.5) is 16.7 Å². The Bertz CT molecular complexity index is 780. The minimum Gasteiger partial charge on any atom is -0.450 e. The second-order valence-electron chi connectivity index (χ2n) is 4.46. The Balaban J connectivity index is 2.01. The van der Waals surface area contributed by atoms with Gasteiger partial charge in [0.15, 0.2) is 0 Å². The van der Waals surface area contributed by atoms with Crippen molar-refractivity contribution in [2.75, 3.05) is 29.9 Å². The molecule has 0 atom stereocenters. The van der Waals surface area contributed by atoms with Crippen molar-refractivity contribution in [2.24, 2.45) is 0 Å². The lowest BCUT2D eigenvalue weighted by molar-refractivity contribution is 0.167. The van der Waals surface area contributed by atoms with Crippen LogP contribution < -0.4 is 16.0 Å². The van der Waals surface area contributed by atoms with E-state index in [1.54, 1.807) is 6.92 Å². The molecule has 116 valence electrons. The van der Waals surface area contributed by atoms with Crippen molar-refractivity contribution >= 4 is 23.8 Å². The third-order valence-electron chi connectivity index (χ3n) is 2.97. The topological polar surface area (TPSA) is 115 Å². The van der Waals surface area contributed by atoms with Crippen LogP contribution in [0.1, 0.15) is 13.3 Å². The zero-order chi connectivity index (χ0) is 15.5. The van der Waals surface area contributed by atoms with Crippen molar-refractivity contribution in [2.45, 2.75) is 13.3 Å². The molecule has 0 radical (unpaired) electrons. The molecule has 0 aromatic carbocycles. The number of amides is 1. The van der Waals surface area contributed by atoms with Crippen molar-refractivity contribution < 1.29 is 14.1 Å². The maximum atomic E-state index is 11.6. The molecule has 2 aromatic rings. The molecule has 0 aliphatic carbocycles. The number of carbonyl (C=O) groups excluding carboxylic acids is 1. The van der Waals surface area contributed by atoms with E-state index in [-0.39, 0.29) is 18.3 Å². The van der Waals surface area contributed by atoms with E-state index < -0.39 is 11.8 Å². The normalized spacial score (nSPS) is 14.3. The first-order valence-corrected chi connectivity index (χ1v) is 6.79. The van der Waals surface area contributed by atoms with E-state index in [4.69, 9.17) is 9.26 Å². The van der Waals surface area contributed by atoms with Gasteiger partial charge in [0.1, 0.15) is 0 Å². The first-order chi connectivity index (χ1) is 10.7. The third kappa shape index (κ3) is 2.75. The van der Waals surface area contributed by atoms with Crippen LogP contribution >= 0.6 is 0 Å². The number of rotatable bonds is 3. The number of aromatic nitrogens is 4. The Morgan fingerprint density at radius 3 is 3.00 bits per heavy atom. The predicted molar refractivity (Wildman–Crippen MR) is 75.9 cm³/mol. The second-order valence-corrected chi connectivity index (χ2v) is 4.46. The van der Waals surface area contributed by atoms with Crippen LogP contribution in [0.3, 0.4) is 0 Å². The highest BCUT2D eigenvalue weighted by atomic mass is 16.6. The Kier molecular flexibility index (Phi) is 3.73. The van der Waals surface area contributed by atoms with Crippen LogP contribution in [0.5, 0.6) is 0 Å². The van der Waals surface area contributed by atoms with E-state index in [9.17, 15) is 9.59 Å². The maximum Gasteiger partial charge on any atom is 0.462 e. The number of anilines is 2. The average molecular weight is 306 g/mol. The molecule has 22 heavy (non-hydrogen) atoms. The molecule has 0 saturated carbocycles. The van der Waals surface area contributed by atoms with Crippen LogP contribution in [-0.2, 0) is 4.74 Å². The summed E-state index contributed by atoms with van der Waals surface area (Å²) in [6.07, 6.45) is 4.21. The highest BCUT2D eigenvalue weighted by molar-refractivity contribution is 5.82. The Morgan fingerprint density at radius 1 is 1.41 bits per heavy atom. The van der Waals surface area contributed by atoms with Gasteiger partial charge in [-0.25, -0.2) is 9.59 Å². The van der Waals surface area contributed by atoms with Gasteiger partial charge in [-0.2, -0.15) is 9.97 Å². The molecule has 1 amide bonds. The molecule has 10 nitrogen and oxygen atoms in total. The molecule has 1 aliphatic heterocycles. The fourth-order valence-corrected chi connectivity index (χ4v) is 2.03. The molecule has 1 N–H and O–H groups in total. The number of fused-ring (bicyclic) bond motifs is 1. The highest BCUT2D eigenvalue weighted by Gasteiger charge is 2.18. The van der Waals surface area contributed by atoms with Crippen LogP contribution in [-0.4, -0.2) is 45.3 Å².